The van der Waals surface area contributed by atoms with E-state index in [1.54, 1.807) is 0 Å². The van der Waals surface area contributed by atoms with Crippen LogP contribution in [0.4, 0.5) is 0 Å². The second-order valence-corrected chi connectivity index (χ2v) is 10.5. The van der Waals surface area contributed by atoms with Crippen molar-refractivity contribution in [1.29, 1.82) is 0 Å². The van der Waals surface area contributed by atoms with Gasteiger partial charge in [0.1, 0.15) is 16.6 Å². The molecule has 30 heavy (non-hydrogen) atoms. The fourth-order valence-corrected chi connectivity index (χ4v) is 5.44. The summed E-state index contributed by atoms with van der Waals surface area (Å²) < 4.78 is 32.2. The van der Waals surface area contributed by atoms with E-state index in [1.807, 2.05) is 54.6 Å². The van der Waals surface area contributed by atoms with Gasteiger partial charge in [0, 0.05) is 13.6 Å². The summed E-state index contributed by atoms with van der Waals surface area (Å²) in [5.74, 6) is 0.291. The standard InChI is InChI=1S/C21H21ClN2O4S2/c1-24(30(26,27)21-11-10-19(22)29-21)14-20(25)23-13-17-8-5-9-18(12-17)28-15-16-6-3-2-4-7-16/h2-12H,13-15H2,1H3,(H,23,25). The average Bonchev–Trinajstić information content (AvgIpc) is 3.19. The van der Waals surface area contributed by atoms with Crippen molar-refractivity contribution in [2.75, 3.05) is 13.6 Å². The molecule has 0 fully saturated rings. The first-order chi connectivity index (χ1) is 14.3. The van der Waals surface area contributed by atoms with Crippen molar-refractivity contribution in [3.63, 3.8) is 0 Å². The Morgan fingerprint density at radius 3 is 2.50 bits per heavy atom. The highest BCUT2D eigenvalue weighted by Gasteiger charge is 2.24. The summed E-state index contributed by atoms with van der Waals surface area (Å²) in [7, 11) is -2.39. The maximum absolute atomic E-state index is 12.5. The minimum Gasteiger partial charge on any atom is -0.489 e. The van der Waals surface area contributed by atoms with Crippen LogP contribution in [0.25, 0.3) is 0 Å². The highest BCUT2D eigenvalue weighted by Crippen LogP contribution is 2.27. The summed E-state index contributed by atoms with van der Waals surface area (Å²) in [6.07, 6.45) is 0. The van der Waals surface area contributed by atoms with Crippen molar-refractivity contribution in [1.82, 2.24) is 9.62 Å². The van der Waals surface area contributed by atoms with Crippen LogP contribution in [-0.4, -0.2) is 32.2 Å². The molecular formula is C21H21ClN2O4S2. The molecule has 0 saturated carbocycles. The molecule has 0 aliphatic rings. The van der Waals surface area contributed by atoms with E-state index < -0.39 is 15.9 Å². The molecule has 0 aliphatic carbocycles. The number of carbonyl (C=O) groups is 1. The number of hydrogen-bond donors (Lipinski definition) is 1. The predicted molar refractivity (Wildman–Crippen MR) is 118 cm³/mol. The molecule has 0 aliphatic heterocycles. The number of rotatable bonds is 9. The quantitative estimate of drug-likeness (QED) is 0.520. The van der Waals surface area contributed by atoms with E-state index in [-0.39, 0.29) is 17.3 Å². The lowest BCUT2D eigenvalue weighted by Gasteiger charge is -2.16. The van der Waals surface area contributed by atoms with E-state index >= 15 is 0 Å². The summed E-state index contributed by atoms with van der Waals surface area (Å²) in [6, 6.07) is 20.2. The van der Waals surface area contributed by atoms with E-state index in [0.29, 0.717) is 16.7 Å². The van der Waals surface area contributed by atoms with Crippen molar-refractivity contribution in [3.05, 3.63) is 82.2 Å². The summed E-state index contributed by atoms with van der Waals surface area (Å²) in [4.78, 5) is 12.2. The first kappa shape index (κ1) is 22.3. The van der Waals surface area contributed by atoms with Gasteiger partial charge in [0.15, 0.2) is 0 Å². The van der Waals surface area contributed by atoms with E-state index in [4.69, 9.17) is 16.3 Å². The van der Waals surface area contributed by atoms with Crippen LogP contribution in [0.15, 0.2) is 70.9 Å². The molecule has 0 spiro atoms. The molecule has 1 N–H and O–H groups in total. The largest absolute Gasteiger partial charge is 0.489 e. The Bertz CT molecular complexity index is 1100. The van der Waals surface area contributed by atoms with Crippen molar-refractivity contribution >= 4 is 38.9 Å². The fourth-order valence-electron chi connectivity index (χ4n) is 2.62. The van der Waals surface area contributed by atoms with Gasteiger partial charge in [-0.25, -0.2) is 8.42 Å². The zero-order chi connectivity index (χ0) is 21.6. The number of likely N-dealkylation sites (N-methyl/N-ethyl adjacent to an activating group) is 1. The topological polar surface area (TPSA) is 75.7 Å². The minimum absolute atomic E-state index is 0.103. The zero-order valence-electron chi connectivity index (χ0n) is 16.2. The van der Waals surface area contributed by atoms with Crippen LogP contribution in [0.2, 0.25) is 4.34 Å². The molecule has 3 aromatic rings. The van der Waals surface area contributed by atoms with Crippen LogP contribution in [0.1, 0.15) is 11.1 Å². The number of halogens is 1. The highest BCUT2D eigenvalue weighted by atomic mass is 35.5. The number of ether oxygens (including phenoxy) is 1. The van der Waals surface area contributed by atoms with Gasteiger partial charge < -0.3 is 10.1 Å². The van der Waals surface area contributed by atoms with E-state index in [0.717, 1.165) is 26.8 Å². The van der Waals surface area contributed by atoms with Crippen LogP contribution < -0.4 is 10.1 Å². The Morgan fingerprint density at radius 1 is 1.07 bits per heavy atom. The number of thiophene rings is 1. The normalized spacial score (nSPS) is 11.4. The van der Waals surface area contributed by atoms with Gasteiger partial charge in [-0.2, -0.15) is 4.31 Å². The van der Waals surface area contributed by atoms with Crippen LogP contribution in [0.5, 0.6) is 5.75 Å². The second-order valence-electron chi connectivity index (χ2n) is 6.52. The molecular weight excluding hydrogens is 444 g/mol. The summed E-state index contributed by atoms with van der Waals surface area (Å²) in [5.41, 5.74) is 1.91. The number of hydrogen-bond acceptors (Lipinski definition) is 5. The average molecular weight is 465 g/mol. The highest BCUT2D eigenvalue weighted by molar-refractivity contribution is 7.91. The molecule has 1 amide bonds. The molecule has 2 aromatic carbocycles. The molecule has 158 valence electrons. The van der Waals surface area contributed by atoms with Gasteiger partial charge in [-0.3, -0.25) is 4.79 Å². The first-order valence-corrected chi connectivity index (χ1v) is 11.7. The van der Waals surface area contributed by atoms with Crippen LogP contribution in [0, 0.1) is 0 Å². The van der Waals surface area contributed by atoms with Crippen molar-refractivity contribution in [3.8, 4) is 5.75 Å². The summed E-state index contributed by atoms with van der Waals surface area (Å²) >= 11 is 6.77. The molecule has 0 unspecified atom stereocenters. The van der Waals surface area contributed by atoms with Crippen molar-refractivity contribution in [2.24, 2.45) is 0 Å². The molecule has 1 aromatic heterocycles. The lowest BCUT2D eigenvalue weighted by molar-refractivity contribution is -0.121. The van der Waals surface area contributed by atoms with E-state index in [1.165, 1.54) is 19.2 Å². The van der Waals surface area contributed by atoms with Crippen LogP contribution in [0.3, 0.4) is 0 Å². The van der Waals surface area contributed by atoms with Gasteiger partial charge in [-0.05, 0) is 35.4 Å². The van der Waals surface area contributed by atoms with Gasteiger partial charge in [0.05, 0.1) is 10.9 Å². The Balaban J connectivity index is 1.52. The Labute approximate surface area is 185 Å². The zero-order valence-corrected chi connectivity index (χ0v) is 18.6. The second kappa shape index (κ2) is 10.1. The number of nitrogens with zero attached hydrogens (tertiary/aromatic N) is 1. The third kappa shape index (κ3) is 6.06. The van der Waals surface area contributed by atoms with Gasteiger partial charge >= 0.3 is 0 Å². The summed E-state index contributed by atoms with van der Waals surface area (Å²) in [6.45, 7) is 0.425. The molecule has 6 nitrogen and oxygen atoms in total. The number of benzene rings is 2. The minimum atomic E-state index is -3.75. The third-order valence-electron chi connectivity index (χ3n) is 4.22. The van der Waals surface area contributed by atoms with Gasteiger partial charge in [0.2, 0.25) is 5.91 Å². The predicted octanol–water partition coefficient (Wildman–Crippen LogP) is 3.92. The lowest BCUT2D eigenvalue weighted by Crippen LogP contribution is -2.37. The smallest absolute Gasteiger partial charge is 0.252 e. The SMILES string of the molecule is CN(CC(=O)NCc1cccc(OCc2ccccc2)c1)S(=O)(=O)c1ccc(Cl)s1. The first-order valence-electron chi connectivity index (χ1n) is 9.08. The Morgan fingerprint density at radius 2 is 1.80 bits per heavy atom. The maximum Gasteiger partial charge on any atom is 0.252 e. The molecule has 0 bridgehead atoms. The van der Waals surface area contributed by atoms with E-state index in [2.05, 4.69) is 5.32 Å². The molecule has 9 heteroatoms. The number of carbonyl (C=O) groups excluding carboxylic acids is 1. The Hall–Kier alpha value is -2.39. The van der Waals surface area contributed by atoms with Crippen LogP contribution in [-0.2, 0) is 28.0 Å². The Kier molecular flexibility index (Phi) is 7.49. The van der Waals surface area contributed by atoms with Gasteiger partial charge in [0.25, 0.3) is 10.0 Å². The van der Waals surface area contributed by atoms with Crippen molar-refractivity contribution < 1.29 is 17.9 Å². The number of nitrogens with one attached hydrogen (secondary N) is 1. The number of amides is 1. The van der Waals surface area contributed by atoms with Crippen LogP contribution >= 0.6 is 22.9 Å². The molecule has 1 heterocycles. The van der Waals surface area contributed by atoms with Gasteiger partial charge in [-0.1, -0.05) is 54.1 Å². The maximum atomic E-state index is 12.5. The fraction of sp³-hybridized carbons (Fsp3) is 0.190. The van der Waals surface area contributed by atoms with E-state index in [9.17, 15) is 13.2 Å². The monoisotopic (exact) mass is 464 g/mol. The van der Waals surface area contributed by atoms with Crippen molar-refractivity contribution in [2.45, 2.75) is 17.4 Å². The number of sulfonamides is 1. The lowest BCUT2D eigenvalue weighted by atomic mass is 10.2. The molecule has 0 saturated heterocycles. The third-order valence-corrected chi connectivity index (χ3v) is 7.72. The summed E-state index contributed by atoms with van der Waals surface area (Å²) in [5, 5.41) is 2.74. The van der Waals surface area contributed by atoms with Gasteiger partial charge in [-0.15, -0.1) is 11.3 Å². The molecule has 3 rings (SSSR count). The molecule has 0 radical (unpaired) electrons. The molecule has 0 atom stereocenters.